The molecule has 0 spiro atoms. The molecule has 0 fully saturated rings. The van der Waals surface area contributed by atoms with E-state index in [-0.39, 0.29) is 10.6 Å². The van der Waals surface area contributed by atoms with Crippen molar-refractivity contribution in [2.24, 2.45) is 0 Å². The van der Waals surface area contributed by atoms with E-state index < -0.39 is 34.3 Å². The molecule has 1 aromatic carbocycles. The average molecular weight is 356 g/mol. The summed E-state index contributed by atoms with van der Waals surface area (Å²) in [5.41, 5.74) is 4.37. The van der Waals surface area contributed by atoms with Gasteiger partial charge in [-0.25, -0.2) is 12.8 Å². The van der Waals surface area contributed by atoms with Gasteiger partial charge < -0.3 is 4.98 Å². The summed E-state index contributed by atoms with van der Waals surface area (Å²) < 4.78 is 36.3. The van der Waals surface area contributed by atoms with E-state index in [0.717, 1.165) is 24.3 Å². The van der Waals surface area contributed by atoms with Crippen molar-refractivity contribution in [1.82, 2.24) is 20.7 Å². The zero-order chi connectivity index (χ0) is 17.6. The molecule has 128 valence electrons. The van der Waals surface area contributed by atoms with Crippen LogP contribution >= 0.6 is 0 Å². The maximum Gasteiger partial charge on any atom is 0.286 e. The fourth-order valence-corrected chi connectivity index (χ4v) is 2.34. The Labute approximate surface area is 136 Å². The third-order valence-electron chi connectivity index (χ3n) is 2.65. The highest BCUT2D eigenvalue weighted by molar-refractivity contribution is 7.89. The minimum atomic E-state index is -4.05. The summed E-state index contributed by atoms with van der Waals surface area (Å²) in [6.07, 6.45) is 1.53. The Morgan fingerprint density at radius 1 is 1.12 bits per heavy atom. The zero-order valence-electron chi connectivity index (χ0n) is 12.1. The van der Waals surface area contributed by atoms with Crippen LogP contribution in [0, 0.1) is 5.82 Å². The number of rotatable bonds is 6. The van der Waals surface area contributed by atoms with Gasteiger partial charge in [-0.2, -0.15) is 0 Å². The number of sulfonamides is 1. The average Bonchev–Trinajstić information content (AvgIpc) is 3.07. The Kier molecular flexibility index (Phi) is 5.63. The number of hydrogen-bond acceptors (Lipinski definition) is 5. The van der Waals surface area contributed by atoms with E-state index in [1.54, 1.807) is 11.0 Å². The summed E-state index contributed by atoms with van der Waals surface area (Å²) in [6, 6.07) is 7.11. The molecule has 0 saturated heterocycles. The molecule has 0 aliphatic rings. The molecule has 11 heteroatoms. The predicted molar refractivity (Wildman–Crippen MR) is 79.1 cm³/mol. The Bertz CT molecular complexity index is 805. The quantitative estimate of drug-likeness (QED) is 0.534. The van der Waals surface area contributed by atoms with Crippen molar-refractivity contribution in [2.45, 2.75) is 4.90 Å². The lowest BCUT2D eigenvalue weighted by Crippen LogP contribution is -2.44. The van der Waals surface area contributed by atoms with E-state index in [2.05, 4.69) is 15.2 Å². The van der Waals surface area contributed by atoms with Crippen molar-refractivity contribution in [3.05, 3.63) is 54.1 Å². The summed E-state index contributed by atoms with van der Waals surface area (Å²) in [5.74, 6) is -1.97. The summed E-state index contributed by atoms with van der Waals surface area (Å²) in [5, 5.41) is 0. The zero-order valence-corrected chi connectivity index (χ0v) is 12.9. The molecule has 1 aromatic heterocycles. The fraction of sp³-hybridized carbons (Fsp3) is 0.0769. The first-order valence-electron chi connectivity index (χ1n) is 6.50. The molecule has 0 atom stereocenters. The van der Waals surface area contributed by atoms with Gasteiger partial charge in [-0.15, -0.1) is 0 Å². The SMILES string of the molecule is O=C(CONS(=O)(=O)c1ccc(F)cc1)NNC(=O)c1ccc[nH]1. The predicted octanol–water partition coefficient (Wildman–Crippen LogP) is -0.175. The van der Waals surface area contributed by atoms with Gasteiger partial charge in [-0.3, -0.25) is 25.3 Å². The first kappa shape index (κ1) is 17.6. The monoisotopic (exact) mass is 356 g/mol. The summed E-state index contributed by atoms with van der Waals surface area (Å²) >= 11 is 0. The number of H-pyrrole nitrogens is 1. The van der Waals surface area contributed by atoms with E-state index in [1.807, 2.05) is 5.43 Å². The summed E-state index contributed by atoms with van der Waals surface area (Å²) in [7, 11) is -4.05. The highest BCUT2D eigenvalue weighted by atomic mass is 32.2. The van der Waals surface area contributed by atoms with Gasteiger partial charge in [0, 0.05) is 6.20 Å². The number of carbonyl (C=O) groups is 2. The maximum absolute atomic E-state index is 12.7. The number of hydrogen-bond donors (Lipinski definition) is 4. The fourth-order valence-electron chi connectivity index (χ4n) is 1.54. The van der Waals surface area contributed by atoms with Crippen LogP contribution in [0.2, 0.25) is 0 Å². The molecule has 0 aliphatic carbocycles. The number of carbonyl (C=O) groups excluding carboxylic acids is 2. The molecular weight excluding hydrogens is 343 g/mol. The molecule has 9 nitrogen and oxygen atoms in total. The third kappa shape index (κ3) is 4.87. The van der Waals surface area contributed by atoms with Crippen LogP contribution in [0.15, 0.2) is 47.5 Å². The molecule has 0 saturated carbocycles. The first-order valence-corrected chi connectivity index (χ1v) is 7.98. The number of nitrogens with one attached hydrogen (secondary N) is 4. The number of amides is 2. The molecule has 0 unspecified atom stereocenters. The van der Waals surface area contributed by atoms with Crippen LogP contribution < -0.4 is 15.7 Å². The number of hydrazine groups is 1. The van der Waals surface area contributed by atoms with Crippen LogP contribution in [0.5, 0.6) is 0 Å². The highest BCUT2D eigenvalue weighted by Crippen LogP contribution is 2.09. The van der Waals surface area contributed by atoms with Gasteiger partial charge in [0.15, 0.2) is 0 Å². The van der Waals surface area contributed by atoms with E-state index in [1.165, 1.54) is 12.3 Å². The second-order valence-electron chi connectivity index (χ2n) is 4.42. The van der Waals surface area contributed by atoms with Crippen molar-refractivity contribution < 1.29 is 27.2 Å². The van der Waals surface area contributed by atoms with Crippen molar-refractivity contribution in [2.75, 3.05) is 6.61 Å². The molecular formula is C13H13FN4O5S. The van der Waals surface area contributed by atoms with E-state index in [9.17, 15) is 22.4 Å². The summed E-state index contributed by atoms with van der Waals surface area (Å²) in [6.45, 7) is -0.689. The van der Waals surface area contributed by atoms with E-state index in [0.29, 0.717) is 0 Å². The van der Waals surface area contributed by atoms with Crippen LogP contribution in [0.3, 0.4) is 0 Å². The first-order chi connectivity index (χ1) is 11.4. The lowest BCUT2D eigenvalue weighted by atomic mass is 10.4. The minimum Gasteiger partial charge on any atom is -0.357 e. The third-order valence-corrected chi connectivity index (χ3v) is 3.88. The molecule has 2 rings (SSSR count). The normalized spacial score (nSPS) is 11.0. The van der Waals surface area contributed by atoms with Crippen molar-refractivity contribution in [1.29, 1.82) is 0 Å². The Hall–Kier alpha value is -2.76. The van der Waals surface area contributed by atoms with E-state index in [4.69, 9.17) is 0 Å². The maximum atomic E-state index is 12.7. The number of benzene rings is 1. The largest absolute Gasteiger partial charge is 0.357 e. The second kappa shape index (κ2) is 7.68. The number of halogens is 1. The molecule has 1 heterocycles. The van der Waals surface area contributed by atoms with Crippen LogP contribution in [-0.2, 0) is 19.7 Å². The molecule has 4 N–H and O–H groups in total. The van der Waals surface area contributed by atoms with Crippen molar-refractivity contribution in [3.8, 4) is 0 Å². The molecule has 24 heavy (non-hydrogen) atoms. The Morgan fingerprint density at radius 3 is 2.46 bits per heavy atom. The highest BCUT2D eigenvalue weighted by Gasteiger charge is 2.15. The number of aromatic amines is 1. The smallest absolute Gasteiger partial charge is 0.286 e. The lowest BCUT2D eigenvalue weighted by Gasteiger charge is -2.08. The lowest BCUT2D eigenvalue weighted by molar-refractivity contribution is -0.127. The minimum absolute atomic E-state index is 0.230. The van der Waals surface area contributed by atoms with Crippen LogP contribution in [-0.4, -0.2) is 31.8 Å². The Balaban J connectivity index is 1.76. The standard InChI is InChI=1S/C13H13FN4O5S/c14-9-3-5-10(6-4-9)24(21,22)18-23-8-12(19)16-17-13(20)11-2-1-7-15-11/h1-7,15,18H,8H2,(H,16,19)(H,17,20). The van der Waals surface area contributed by atoms with Gasteiger partial charge in [0.1, 0.15) is 18.1 Å². The van der Waals surface area contributed by atoms with Crippen LogP contribution in [0.4, 0.5) is 4.39 Å². The second-order valence-corrected chi connectivity index (χ2v) is 6.06. The molecule has 0 bridgehead atoms. The van der Waals surface area contributed by atoms with Crippen LogP contribution in [0.25, 0.3) is 0 Å². The Morgan fingerprint density at radius 2 is 1.83 bits per heavy atom. The van der Waals surface area contributed by atoms with Gasteiger partial charge in [0.25, 0.3) is 21.8 Å². The van der Waals surface area contributed by atoms with Crippen molar-refractivity contribution >= 4 is 21.8 Å². The molecule has 0 radical (unpaired) electrons. The van der Waals surface area contributed by atoms with Crippen LogP contribution in [0.1, 0.15) is 10.5 Å². The van der Waals surface area contributed by atoms with E-state index >= 15 is 0 Å². The molecule has 2 aromatic rings. The van der Waals surface area contributed by atoms with Gasteiger partial charge in [-0.05, 0) is 36.4 Å². The van der Waals surface area contributed by atoms with Gasteiger partial charge in [0.05, 0.1) is 4.90 Å². The molecule has 0 aliphatic heterocycles. The topological polar surface area (TPSA) is 129 Å². The van der Waals surface area contributed by atoms with Gasteiger partial charge in [-0.1, -0.05) is 4.89 Å². The summed E-state index contributed by atoms with van der Waals surface area (Å²) in [4.78, 5) is 31.6. The van der Waals surface area contributed by atoms with Gasteiger partial charge in [0.2, 0.25) is 0 Å². The number of aromatic nitrogens is 1. The molecule has 2 amide bonds. The van der Waals surface area contributed by atoms with Gasteiger partial charge >= 0.3 is 0 Å². The van der Waals surface area contributed by atoms with Crippen molar-refractivity contribution in [3.63, 3.8) is 0 Å².